The summed E-state index contributed by atoms with van der Waals surface area (Å²) in [5.41, 5.74) is 4.06. The molecule has 1 atom stereocenters. The van der Waals surface area contributed by atoms with Crippen LogP contribution >= 0.6 is 0 Å². The number of hydrogen-bond donors (Lipinski definition) is 0. The van der Waals surface area contributed by atoms with Crippen LogP contribution in [0.15, 0.2) is 47.0 Å². The smallest absolute Gasteiger partial charge is 0.232 e. The zero-order chi connectivity index (χ0) is 20.5. The number of anilines is 1. The van der Waals surface area contributed by atoms with E-state index in [2.05, 4.69) is 36.1 Å². The summed E-state index contributed by atoms with van der Waals surface area (Å²) >= 11 is 0. The van der Waals surface area contributed by atoms with Gasteiger partial charge in [-0.1, -0.05) is 49.3 Å². The minimum Gasteiger partial charge on any atom is -0.497 e. The molecule has 3 aromatic rings. The molecule has 1 aliphatic rings. The molecule has 1 amide bonds. The third-order valence-corrected chi connectivity index (χ3v) is 5.46. The molecule has 0 radical (unpaired) electrons. The Morgan fingerprint density at radius 1 is 1.17 bits per heavy atom. The van der Waals surface area contributed by atoms with Gasteiger partial charge < -0.3 is 14.2 Å². The predicted molar refractivity (Wildman–Crippen MR) is 111 cm³/mol. The highest BCUT2D eigenvalue weighted by molar-refractivity contribution is 5.97. The van der Waals surface area contributed by atoms with Crippen LogP contribution in [0.4, 0.5) is 5.69 Å². The average molecular weight is 391 g/mol. The van der Waals surface area contributed by atoms with E-state index < -0.39 is 0 Å². The number of benzene rings is 2. The lowest BCUT2D eigenvalue weighted by Gasteiger charge is -2.19. The molecule has 1 saturated heterocycles. The lowest BCUT2D eigenvalue weighted by molar-refractivity contribution is -0.117. The van der Waals surface area contributed by atoms with Crippen molar-refractivity contribution in [2.75, 3.05) is 18.6 Å². The van der Waals surface area contributed by atoms with Gasteiger partial charge in [0, 0.05) is 24.6 Å². The van der Waals surface area contributed by atoms with E-state index in [0.717, 1.165) is 22.6 Å². The van der Waals surface area contributed by atoms with E-state index in [0.29, 0.717) is 30.6 Å². The fraction of sp³-hybridized carbons (Fsp3) is 0.348. The Morgan fingerprint density at radius 3 is 2.62 bits per heavy atom. The second-order valence-electron chi connectivity index (χ2n) is 7.79. The molecule has 1 aromatic heterocycles. The first-order valence-electron chi connectivity index (χ1n) is 9.85. The third-order valence-electron chi connectivity index (χ3n) is 5.46. The van der Waals surface area contributed by atoms with Crippen molar-refractivity contribution in [3.63, 3.8) is 0 Å². The fourth-order valence-corrected chi connectivity index (χ4v) is 3.65. The van der Waals surface area contributed by atoms with Crippen molar-refractivity contribution in [1.82, 2.24) is 10.1 Å². The third kappa shape index (κ3) is 3.75. The molecule has 0 spiro atoms. The highest BCUT2D eigenvalue weighted by atomic mass is 16.5. The molecule has 1 unspecified atom stereocenters. The van der Waals surface area contributed by atoms with Gasteiger partial charge in [-0.25, -0.2) is 0 Å². The van der Waals surface area contributed by atoms with Crippen molar-refractivity contribution >= 4 is 11.6 Å². The molecule has 150 valence electrons. The van der Waals surface area contributed by atoms with Crippen molar-refractivity contribution in [1.29, 1.82) is 0 Å². The van der Waals surface area contributed by atoms with Gasteiger partial charge in [0.25, 0.3) is 0 Å². The summed E-state index contributed by atoms with van der Waals surface area (Å²) in [5.74, 6) is 2.19. The van der Waals surface area contributed by atoms with Gasteiger partial charge >= 0.3 is 0 Å². The van der Waals surface area contributed by atoms with Crippen molar-refractivity contribution in [2.24, 2.45) is 0 Å². The quantitative estimate of drug-likeness (QED) is 0.631. The summed E-state index contributed by atoms with van der Waals surface area (Å²) in [7, 11) is 1.62. The van der Waals surface area contributed by atoms with Crippen LogP contribution in [-0.4, -0.2) is 29.7 Å². The standard InChI is InChI=1S/C23H25N3O3/c1-14(2)16-6-8-17(9-7-16)22-24-23(29-25-22)18-11-21(27)26(13-18)20-12-19(28-4)10-5-15(20)3/h5-10,12,14,18H,11,13H2,1-4H3. The number of amides is 1. The molecule has 2 aromatic carbocycles. The van der Waals surface area contributed by atoms with Crippen LogP contribution in [0.25, 0.3) is 11.4 Å². The SMILES string of the molecule is COc1ccc(C)c(N2CC(c3nc(-c4ccc(C(C)C)cc4)no3)CC2=O)c1. The van der Waals surface area contributed by atoms with Crippen LogP contribution in [-0.2, 0) is 4.79 Å². The molecule has 29 heavy (non-hydrogen) atoms. The number of hydrogen-bond acceptors (Lipinski definition) is 5. The number of aryl methyl sites for hydroxylation is 1. The van der Waals surface area contributed by atoms with Crippen LogP contribution in [0.2, 0.25) is 0 Å². The number of aromatic nitrogens is 2. The van der Waals surface area contributed by atoms with Gasteiger partial charge in [0.05, 0.1) is 18.7 Å². The van der Waals surface area contributed by atoms with E-state index in [4.69, 9.17) is 9.26 Å². The summed E-state index contributed by atoms with van der Waals surface area (Å²) in [5, 5.41) is 4.14. The Labute approximate surface area is 170 Å². The Morgan fingerprint density at radius 2 is 1.93 bits per heavy atom. The van der Waals surface area contributed by atoms with E-state index >= 15 is 0 Å². The largest absolute Gasteiger partial charge is 0.497 e. The number of rotatable bonds is 5. The Hall–Kier alpha value is -3.15. The average Bonchev–Trinajstić information content (AvgIpc) is 3.35. The van der Waals surface area contributed by atoms with E-state index in [-0.39, 0.29) is 11.8 Å². The summed E-state index contributed by atoms with van der Waals surface area (Å²) in [4.78, 5) is 19.0. The normalized spacial score (nSPS) is 16.7. The van der Waals surface area contributed by atoms with Gasteiger partial charge in [-0.2, -0.15) is 4.98 Å². The minimum atomic E-state index is -0.121. The van der Waals surface area contributed by atoms with Crippen molar-refractivity contribution in [2.45, 2.75) is 39.0 Å². The number of nitrogens with zero attached hydrogens (tertiary/aromatic N) is 3. The number of carbonyl (C=O) groups excluding carboxylic acids is 1. The highest BCUT2D eigenvalue weighted by Gasteiger charge is 2.36. The second kappa shape index (κ2) is 7.70. The lowest BCUT2D eigenvalue weighted by atomic mass is 10.0. The highest BCUT2D eigenvalue weighted by Crippen LogP contribution is 2.35. The fourth-order valence-electron chi connectivity index (χ4n) is 3.65. The van der Waals surface area contributed by atoms with E-state index in [1.165, 1.54) is 5.56 Å². The van der Waals surface area contributed by atoms with Gasteiger partial charge in [-0.3, -0.25) is 4.79 Å². The van der Waals surface area contributed by atoms with Crippen molar-refractivity contribution in [3.8, 4) is 17.1 Å². The predicted octanol–water partition coefficient (Wildman–Crippen LogP) is 4.70. The van der Waals surface area contributed by atoms with Crippen LogP contribution in [0.3, 0.4) is 0 Å². The Balaban J connectivity index is 1.54. The van der Waals surface area contributed by atoms with E-state index in [1.807, 2.05) is 37.3 Å². The Kier molecular flexibility index (Phi) is 5.09. The molecule has 2 heterocycles. The molecule has 6 heteroatoms. The first kappa shape index (κ1) is 19.2. The summed E-state index contributed by atoms with van der Waals surface area (Å²) < 4.78 is 10.8. The molecule has 0 bridgehead atoms. The zero-order valence-corrected chi connectivity index (χ0v) is 17.2. The molecule has 0 N–H and O–H groups in total. The first-order chi connectivity index (χ1) is 14.0. The van der Waals surface area contributed by atoms with Crippen LogP contribution < -0.4 is 9.64 Å². The van der Waals surface area contributed by atoms with Gasteiger partial charge in [-0.05, 0) is 30.0 Å². The number of methoxy groups -OCH3 is 1. The van der Waals surface area contributed by atoms with Gasteiger partial charge in [0.15, 0.2) is 0 Å². The molecule has 6 nitrogen and oxygen atoms in total. The van der Waals surface area contributed by atoms with Crippen molar-refractivity contribution < 1.29 is 14.1 Å². The van der Waals surface area contributed by atoms with Gasteiger partial charge in [-0.15, -0.1) is 0 Å². The molecule has 4 rings (SSSR count). The van der Waals surface area contributed by atoms with E-state index in [9.17, 15) is 4.79 Å². The second-order valence-corrected chi connectivity index (χ2v) is 7.79. The zero-order valence-electron chi connectivity index (χ0n) is 17.2. The number of carbonyl (C=O) groups is 1. The topological polar surface area (TPSA) is 68.5 Å². The summed E-state index contributed by atoms with van der Waals surface area (Å²) in [6.07, 6.45) is 0.352. The maximum absolute atomic E-state index is 12.7. The molecular formula is C23H25N3O3. The maximum atomic E-state index is 12.7. The van der Waals surface area contributed by atoms with Gasteiger partial charge in [0.1, 0.15) is 5.75 Å². The van der Waals surface area contributed by atoms with Crippen LogP contribution in [0.5, 0.6) is 5.75 Å². The molecular weight excluding hydrogens is 366 g/mol. The van der Waals surface area contributed by atoms with Gasteiger partial charge in [0.2, 0.25) is 17.6 Å². The lowest BCUT2D eigenvalue weighted by Crippen LogP contribution is -2.25. The van der Waals surface area contributed by atoms with Crippen LogP contribution in [0.1, 0.15) is 49.1 Å². The van der Waals surface area contributed by atoms with Crippen molar-refractivity contribution in [3.05, 3.63) is 59.5 Å². The molecule has 1 aliphatic heterocycles. The number of ether oxygens (including phenoxy) is 1. The molecule has 0 saturated carbocycles. The maximum Gasteiger partial charge on any atom is 0.232 e. The minimum absolute atomic E-state index is 0.0485. The monoisotopic (exact) mass is 391 g/mol. The summed E-state index contributed by atoms with van der Waals surface area (Å²) in [6, 6.07) is 13.9. The summed E-state index contributed by atoms with van der Waals surface area (Å²) in [6.45, 7) is 6.82. The van der Waals surface area contributed by atoms with Crippen LogP contribution in [0, 0.1) is 6.92 Å². The molecule has 1 fully saturated rings. The van der Waals surface area contributed by atoms with E-state index in [1.54, 1.807) is 12.0 Å². The Bertz CT molecular complexity index is 1020. The first-order valence-corrected chi connectivity index (χ1v) is 9.85. The molecule has 0 aliphatic carbocycles.